The van der Waals surface area contributed by atoms with Gasteiger partial charge in [-0.1, -0.05) is 121 Å². The van der Waals surface area contributed by atoms with Crippen molar-refractivity contribution in [2.45, 2.75) is 0 Å². The van der Waals surface area contributed by atoms with Gasteiger partial charge in [-0.2, -0.15) is 0 Å². The van der Waals surface area contributed by atoms with E-state index in [1.165, 1.54) is 0 Å². The summed E-state index contributed by atoms with van der Waals surface area (Å²) < 4.78 is 4.53. The molecule has 0 unspecified atom stereocenters. The molecule has 0 radical (unpaired) electrons. The highest BCUT2D eigenvalue weighted by Gasteiger charge is 2.23. The Morgan fingerprint density at radius 2 is 0.900 bits per heavy atom. The van der Waals surface area contributed by atoms with Crippen LogP contribution >= 0.6 is 0 Å². The maximum absolute atomic E-state index is 5.31. The Hall–Kier alpha value is -6.92. The summed E-state index contributed by atoms with van der Waals surface area (Å²) in [7, 11) is 0. The maximum atomic E-state index is 5.31. The van der Waals surface area contributed by atoms with Gasteiger partial charge in [0, 0.05) is 38.9 Å². The van der Waals surface area contributed by atoms with E-state index in [9.17, 15) is 0 Å². The molecule has 0 aliphatic carbocycles. The fraction of sp³-hybridized carbons (Fsp3) is 0. The first kappa shape index (κ1) is 28.1. The molecular formula is C44H28N6. The Morgan fingerprint density at radius 3 is 1.52 bits per heavy atom. The fourth-order valence-corrected chi connectivity index (χ4v) is 7.20. The van der Waals surface area contributed by atoms with Crippen LogP contribution < -0.4 is 0 Å². The molecule has 0 bridgehead atoms. The molecule has 0 saturated carbocycles. The molecule has 0 spiro atoms. The third-order valence-electron chi connectivity index (χ3n) is 9.41. The number of aromatic nitrogens is 6. The zero-order valence-electron chi connectivity index (χ0n) is 26.8. The van der Waals surface area contributed by atoms with Crippen molar-refractivity contribution >= 4 is 43.6 Å². The average Bonchev–Trinajstić information content (AvgIpc) is 3.72. The van der Waals surface area contributed by atoms with Gasteiger partial charge in [0.25, 0.3) is 0 Å². The van der Waals surface area contributed by atoms with E-state index in [0.29, 0.717) is 5.95 Å². The molecule has 5 heterocycles. The molecule has 10 rings (SSSR count). The first-order valence-electron chi connectivity index (χ1n) is 16.7. The van der Waals surface area contributed by atoms with Gasteiger partial charge in [-0.05, 0) is 42.5 Å². The number of hydrogen-bond acceptors (Lipinski definition) is 4. The lowest BCUT2D eigenvalue weighted by molar-refractivity contribution is 0.993. The molecule has 5 aromatic heterocycles. The van der Waals surface area contributed by atoms with Crippen LogP contribution in [0.1, 0.15) is 0 Å². The molecular weight excluding hydrogens is 613 g/mol. The zero-order chi connectivity index (χ0) is 33.0. The van der Waals surface area contributed by atoms with Gasteiger partial charge in [-0.25, -0.2) is 15.0 Å². The zero-order valence-corrected chi connectivity index (χ0v) is 26.8. The van der Waals surface area contributed by atoms with Crippen molar-refractivity contribution in [1.82, 2.24) is 29.1 Å². The van der Waals surface area contributed by atoms with Gasteiger partial charge < -0.3 is 0 Å². The van der Waals surface area contributed by atoms with E-state index in [1.54, 1.807) is 6.20 Å². The summed E-state index contributed by atoms with van der Waals surface area (Å²) >= 11 is 0. The maximum Gasteiger partial charge on any atom is 0.235 e. The normalized spacial score (nSPS) is 11.6. The Morgan fingerprint density at radius 1 is 0.360 bits per heavy atom. The van der Waals surface area contributed by atoms with Gasteiger partial charge in [0.2, 0.25) is 5.95 Å². The number of benzene rings is 5. The van der Waals surface area contributed by atoms with Crippen LogP contribution in [0.4, 0.5) is 0 Å². The van der Waals surface area contributed by atoms with E-state index < -0.39 is 0 Å². The second kappa shape index (κ2) is 11.4. The molecule has 5 aromatic carbocycles. The molecule has 0 fully saturated rings. The van der Waals surface area contributed by atoms with Crippen molar-refractivity contribution in [2.75, 3.05) is 0 Å². The monoisotopic (exact) mass is 640 g/mol. The second-order valence-electron chi connectivity index (χ2n) is 12.3. The summed E-state index contributed by atoms with van der Waals surface area (Å²) in [5, 5.41) is 4.53. The minimum atomic E-state index is 0.607. The van der Waals surface area contributed by atoms with E-state index in [2.05, 4.69) is 117 Å². The van der Waals surface area contributed by atoms with Crippen molar-refractivity contribution in [1.29, 1.82) is 0 Å². The van der Waals surface area contributed by atoms with E-state index in [1.807, 2.05) is 60.7 Å². The molecule has 0 amide bonds. The Kier molecular flexibility index (Phi) is 6.39. The standard InChI is InChI=1S/C44H28N6/c1-3-14-29(15-4-1)37-28-38(30-16-5-2-6-17-30)48-44(47-37)50-40-23-10-8-19-32(40)34-26-25-33-31-18-7-9-22-39(31)49(42(33)43(34)50)41-24-13-21-36(46-41)35-20-11-12-27-45-35/h1-28H. The quantitative estimate of drug-likeness (QED) is 0.188. The lowest BCUT2D eigenvalue weighted by atomic mass is 10.1. The van der Waals surface area contributed by atoms with Crippen molar-refractivity contribution in [3.05, 3.63) is 170 Å². The molecule has 6 nitrogen and oxygen atoms in total. The lowest BCUT2D eigenvalue weighted by Gasteiger charge is -2.14. The topological polar surface area (TPSA) is 61.4 Å². The highest BCUT2D eigenvalue weighted by molar-refractivity contribution is 6.23. The minimum Gasteiger partial charge on any atom is -0.292 e. The lowest BCUT2D eigenvalue weighted by Crippen LogP contribution is -2.05. The SMILES string of the molecule is c1ccc(-c2cc(-c3ccccc3)nc(-n3c4ccccc4c4ccc5c6ccccc6n(-c6cccc(-c7ccccn7)n6)c5c43)n2)cc1. The smallest absolute Gasteiger partial charge is 0.235 e. The van der Waals surface area contributed by atoms with Crippen LogP contribution in [0.5, 0.6) is 0 Å². The summed E-state index contributed by atoms with van der Waals surface area (Å²) in [5.41, 5.74) is 9.59. The number of para-hydroxylation sites is 2. The third kappa shape index (κ3) is 4.43. The molecule has 0 aliphatic rings. The third-order valence-corrected chi connectivity index (χ3v) is 9.41. The number of nitrogens with zero attached hydrogens (tertiary/aromatic N) is 6. The van der Waals surface area contributed by atoms with Crippen molar-refractivity contribution in [3.8, 4) is 45.7 Å². The van der Waals surface area contributed by atoms with Crippen molar-refractivity contribution < 1.29 is 0 Å². The molecule has 0 atom stereocenters. The van der Waals surface area contributed by atoms with E-state index in [-0.39, 0.29) is 0 Å². The fourth-order valence-electron chi connectivity index (χ4n) is 7.20. The summed E-state index contributed by atoms with van der Waals surface area (Å²) in [6.45, 7) is 0. The highest BCUT2D eigenvalue weighted by Crippen LogP contribution is 2.41. The van der Waals surface area contributed by atoms with Crippen LogP contribution in [0.15, 0.2) is 170 Å². The van der Waals surface area contributed by atoms with Gasteiger partial charge in [0.15, 0.2) is 0 Å². The van der Waals surface area contributed by atoms with Crippen LogP contribution in [-0.4, -0.2) is 29.1 Å². The van der Waals surface area contributed by atoms with Crippen LogP contribution in [0.25, 0.3) is 89.3 Å². The molecule has 50 heavy (non-hydrogen) atoms. The predicted molar refractivity (Wildman–Crippen MR) is 203 cm³/mol. The Labute approximate surface area is 287 Å². The number of fused-ring (bicyclic) bond motifs is 7. The van der Waals surface area contributed by atoms with Gasteiger partial charge in [0.05, 0.1) is 44.8 Å². The van der Waals surface area contributed by atoms with E-state index in [4.69, 9.17) is 15.0 Å². The molecule has 234 valence electrons. The van der Waals surface area contributed by atoms with Crippen molar-refractivity contribution in [3.63, 3.8) is 0 Å². The van der Waals surface area contributed by atoms with E-state index in [0.717, 1.165) is 83.3 Å². The van der Waals surface area contributed by atoms with Crippen molar-refractivity contribution in [2.24, 2.45) is 0 Å². The van der Waals surface area contributed by atoms with E-state index >= 15 is 0 Å². The number of pyridine rings is 2. The van der Waals surface area contributed by atoms with Gasteiger partial charge in [-0.3, -0.25) is 14.1 Å². The minimum absolute atomic E-state index is 0.607. The van der Waals surface area contributed by atoms with Crippen LogP contribution in [0.2, 0.25) is 0 Å². The summed E-state index contributed by atoms with van der Waals surface area (Å²) in [6.07, 6.45) is 1.80. The van der Waals surface area contributed by atoms with Crippen LogP contribution in [-0.2, 0) is 0 Å². The molecule has 0 N–H and O–H groups in total. The molecule has 0 aliphatic heterocycles. The average molecular weight is 641 g/mol. The molecule has 6 heteroatoms. The number of hydrogen-bond donors (Lipinski definition) is 0. The van der Waals surface area contributed by atoms with Gasteiger partial charge in [-0.15, -0.1) is 0 Å². The van der Waals surface area contributed by atoms with Gasteiger partial charge in [0.1, 0.15) is 5.82 Å². The van der Waals surface area contributed by atoms with Gasteiger partial charge >= 0.3 is 0 Å². The summed E-state index contributed by atoms with van der Waals surface area (Å²) in [4.78, 5) is 20.4. The first-order chi connectivity index (χ1) is 24.8. The Balaban J connectivity index is 1.35. The molecule has 10 aromatic rings. The summed E-state index contributed by atoms with van der Waals surface area (Å²) in [6, 6.07) is 56.4. The summed E-state index contributed by atoms with van der Waals surface area (Å²) in [5.74, 6) is 1.42. The Bertz CT molecular complexity index is 2800. The largest absolute Gasteiger partial charge is 0.292 e. The first-order valence-corrected chi connectivity index (χ1v) is 16.7. The highest BCUT2D eigenvalue weighted by atomic mass is 15.2. The second-order valence-corrected chi connectivity index (χ2v) is 12.3. The molecule has 0 saturated heterocycles. The number of rotatable bonds is 5. The predicted octanol–water partition coefficient (Wildman–Crippen LogP) is 10.5. The van der Waals surface area contributed by atoms with Crippen LogP contribution in [0, 0.1) is 0 Å². The van der Waals surface area contributed by atoms with Crippen LogP contribution in [0.3, 0.4) is 0 Å².